The molecule has 1 aromatic carbocycles. The van der Waals surface area contributed by atoms with Gasteiger partial charge in [-0.15, -0.1) is 0 Å². The van der Waals surface area contributed by atoms with E-state index in [4.69, 9.17) is 10.8 Å². The number of carbonyl (C=O) groups is 3. The highest BCUT2D eigenvalue weighted by molar-refractivity contribution is 9.10. The highest BCUT2D eigenvalue weighted by Gasteiger charge is 2.08. The predicted octanol–water partition coefficient (Wildman–Crippen LogP) is 1.69. The van der Waals surface area contributed by atoms with Gasteiger partial charge in [-0.25, -0.2) is 4.79 Å². The maximum absolute atomic E-state index is 11.6. The van der Waals surface area contributed by atoms with Crippen LogP contribution >= 0.6 is 27.7 Å². The lowest BCUT2D eigenvalue weighted by molar-refractivity contribution is -0.116. The van der Waals surface area contributed by atoms with Crippen molar-refractivity contribution >= 4 is 51.2 Å². The molecule has 1 rings (SSSR count). The summed E-state index contributed by atoms with van der Waals surface area (Å²) in [6.45, 7) is 0. The fourth-order valence-corrected chi connectivity index (χ4v) is 2.51. The molecule has 0 aromatic heterocycles. The number of carboxylic acid groups (broad SMARTS) is 1. The van der Waals surface area contributed by atoms with E-state index in [0.717, 1.165) is 0 Å². The Hall–Kier alpha value is -1.54. The Bertz CT molecular complexity index is 536. The van der Waals surface area contributed by atoms with Crippen molar-refractivity contribution in [1.82, 2.24) is 0 Å². The summed E-state index contributed by atoms with van der Waals surface area (Å²) in [6, 6.07) is 4.43. The molecule has 0 saturated carbocycles. The Labute approximate surface area is 128 Å². The van der Waals surface area contributed by atoms with E-state index in [2.05, 4.69) is 21.2 Å². The number of hydrogen-bond acceptors (Lipinski definition) is 4. The van der Waals surface area contributed by atoms with Crippen LogP contribution in [0.1, 0.15) is 16.8 Å². The van der Waals surface area contributed by atoms with E-state index >= 15 is 0 Å². The van der Waals surface area contributed by atoms with Crippen LogP contribution in [0, 0.1) is 0 Å². The van der Waals surface area contributed by atoms with Crippen LogP contribution in [0.2, 0.25) is 0 Å². The predicted molar refractivity (Wildman–Crippen MR) is 80.9 cm³/mol. The zero-order valence-electron chi connectivity index (χ0n) is 10.4. The third kappa shape index (κ3) is 6.07. The summed E-state index contributed by atoms with van der Waals surface area (Å²) < 4.78 is 0.566. The zero-order chi connectivity index (χ0) is 15.1. The van der Waals surface area contributed by atoms with Gasteiger partial charge in [0.15, 0.2) is 0 Å². The molecule has 0 aliphatic heterocycles. The molecule has 0 aliphatic carbocycles. The second-order valence-electron chi connectivity index (χ2n) is 3.85. The lowest BCUT2D eigenvalue weighted by Gasteiger charge is -2.07. The Kier molecular flexibility index (Phi) is 6.53. The van der Waals surface area contributed by atoms with Crippen LogP contribution in [0.15, 0.2) is 22.7 Å². The molecule has 0 fully saturated rings. The minimum Gasteiger partial charge on any atom is -0.478 e. The molecule has 2 amide bonds. The van der Waals surface area contributed by atoms with E-state index in [0.29, 0.717) is 15.9 Å². The summed E-state index contributed by atoms with van der Waals surface area (Å²) in [5.41, 5.74) is 5.46. The van der Waals surface area contributed by atoms with E-state index in [-0.39, 0.29) is 23.6 Å². The second kappa shape index (κ2) is 7.91. The highest BCUT2D eigenvalue weighted by Crippen LogP contribution is 2.20. The SMILES string of the molecule is NC(=O)CSCCC(=O)Nc1cc(Br)cc(C(=O)O)c1. The summed E-state index contributed by atoms with van der Waals surface area (Å²) in [4.78, 5) is 33.0. The average Bonchev–Trinajstić information content (AvgIpc) is 2.33. The van der Waals surface area contributed by atoms with Gasteiger partial charge in [0.1, 0.15) is 0 Å². The first kappa shape index (κ1) is 16.5. The molecule has 0 atom stereocenters. The monoisotopic (exact) mass is 360 g/mol. The van der Waals surface area contributed by atoms with Gasteiger partial charge in [0.05, 0.1) is 11.3 Å². The van der Waals surface area contributed by atoms with Crippen LogP contribution in [-0.2, 0) is 9.59 Å². The first-order valence-corrected chi connectivity index (χ1v) is 7.53. The van der Waals surface area contributed by atoms with Crippen LogP contribution in [0.3, 0.4) is 0 Å². The average molecular weight is 361 g/mol. The number of carboxylic acids is 1. The van der Waals surface area contributed by atoms with Crippen LogP contribution < -0.4 is 11.1 Å². The van der Waals surface area contributed by atoms with Crippen molar-refractivity contribution in [2.24, 2.45) is 5.73 Å². The Balaban J connectivity index is 2.53. The number of primary amides is 1. The number of benzene rings is 1. The van der Waals surface area contributed by atoms with Gasteiger partial charge in [0.25, 0.3) is 0 Å². The first-order chi connectivity index (χ1) is 9.38. The van der Waals surface area contributed by atoms with E-state index in [9.17, 15) is 14.4 Å². The first-order valence-electron chi connectivity index (χ1n) is 5.58. The molecule has 0 aliphatic rings. The standard InChI is InChI=1S/C12H13BrN2O4S/c13-8-3-7(12(18)19)4-9(5-8)15-11(17)1-2-20-6-10(14)16/h3-5H,1-2,6H2,(H2,14,16)(H,15,17)(H,18,19). The maximum atomic E-state index is 11.6. The van der Waals surface area contributed by atoms with Crippen molar-refractivity contribution in [2.75, 3.05) is 16.8 Å². The quantitative estimate of drug-likeness (QED) is 0.641. The topological polar surface area (TPSA) is 109 Å². The van der Waals surface area contributed by atoms with Crippen molar-refractivity contribution in [3.8, 4) is 0 Å². The summed E-state index contributed by atoms with van der Waals surface area (Å²) in [5, 5.41) is 11.5. The van der Waals surface area contributed by atoms with Gasteiger partial charge in [-0.1, -0.05) is 15.9 Å². The fourth-order valence-electron chi connectivity index (χ4n) is 1.35. The largest absolute Gasteiger partial charge is 0.478 e. The van der Waals surface area contributed by atoms with Crippen molar-refractivity contribution in [3.63, 3.8) is 0 Å². The molecule has 4 N–H and O–H groups in total. The third-order valence-corrected chi connectivity index (χ3v) is 3.59. The Morgan fingerprint density at radius 3 is 2.60 bits per heavy atom. The van der Waals surface area contributed by atoms with Crippen molar-refractivity contribution < 1.29 is 19.5 Å². The lowest BCUT2D eigenvalue weighted by Crippen LogP contribution is -2.16. The molecular weight excluding hydrogens is 348 g/mol. The third-order valence-electron chi connectivity index (χ3n) is 2.15. The molecule has 1 aromatic rings. The van der Waals surface area contributed by atoms with Crippen molar-refractivity contribution in [2.45, 2.75) is 6.42 Å². The second-order valence-corrected chi connectivity index (χ2v) is 5.87. The molecular formula is C12H13BrN2O4S. The number of nitrogens with two attached hydrogens (primary N) is 1. The molecule has 6 nitrogen and oxygen atoms in total. The van der Waals surface area contributed by atoms with Gasteiger partial charge in [-0.05, 0) is 18.2 Å². The minimum absolute atomic E-state index is 0.0813. The zero-order valence-corrected chi connectivity index (χ0v) is 12.8. The molecule has 0 saturated heterocycles. The number of carbonyl (C=O) groups excluding carboxylic acids is 2. The molecule has 20 heavy (non-hydrogen) atoms. The van der Waals surface area contributed by atoms with E-state index < -0.39 is 11.9 Å². The van der Waals surface area contributed by atoms with Gasteiger partial charge in [0.2, 0.25) is 11.8 Å². The number of amides is 2. The Morgan fingerprint density at radius 1 is 1.30 bits per heavy atom. The van der Waals surface area contributed by atoms with E-state index in [1.807, 2.05) is 0 Å². The number of thioether (sulfide) groups is 1. The van der Waals surface area contributed by atoms with Gasteiger partial charge >= 0.3 is 5.97 Å². The van der Waals surface area contributed by atoms with E-state index in [1.165, 1.54) is 23.9 Å². The molecule has 0 unspecified atom stereocenters. The van der Waals surface area contributed by atoms with Gasteiger partial charge in [-0.3, -0.25) is 9.59 Å². The van der Waals surface area contributed by atoms with Crippen LogP contribution in [0.5, 0.6) is 0 Å². The number of hydrogen-bond donors (Lipinski definition) is 3. The smallest absolute Gasteiger partial charge is 0.335 e. The molecule has 8 heteroatoms. The number of anilines is 1. The van der Waals surface area contributed by atoms with Crippen molar-refractivity contribution in [1.29, 1.82) is 0 Å². The minimum atomic E-state index is -1.07. The van der Waals surface area contributed by atoms with Crippen LogP contribution in [-0.4, -0.2) is 34.4 Å². The summed E-state index contributed by atoms with van der Waals surface area (Å²) >= 11 is 4.45. The molecule has 0 bridgehead atoms. The molecule has 0 heterocycles. The van der Waals surface area contributed by atoms with Crippen LogP contribution in [0.4, 0.5) is 5.69 Å². The van der Waals surface area contributed by atoms with Gasteiger partial charge in [0, 0.05) is 22.3 Å². The van der Waals surface area contributed by atoms with E-state index in [1.54, 1.807) is 6.07 Å². The summed E-state index contributed by atoms with van der Waals surface area (Å²) in [5.74, 6) is -1.11. The molecule has 108 valence electrons. The normalized spacial score (nSPS) is 10.1. The number of rotatable bonds is 7. The highest BCUT2D eigenvalue weighted by atomic mass is 79.9. The molecule has 0 spiro atoms. The number of nitrogens with one attached hydrogen (secondary N) is 1. The Morgan fingerprint density at radius 2 is 2.00 bits per heavy atom. The lowest BCUT2D eigenvalue weighted by atomic mass is 10.2. The number of halogens is 1. The maximum Gasteiger partial charge on any atom is 0.335 e. The van der Waals surface area contributed by atoms with Gasteiger partial charge < -0.3 is 16.2 Å². The summed E-state index contributed by atoms with van der Waals surface area (Å²) in [7, 11) is 0. The van der Waals surface area contributed by atoms with Crippen molar-refractivity contribution in [3.05, 3.63) is 28.2 Å². The molecule has 0 radical (unpaired) electrons. The fraction of sp³-hybridized carbons (Fsp3) is 0.250. The van der Waals surface area contributed by atoms with Gasteiger partial charge in [-0.2, -0.15) is 11.8 Å². The van der Waals surface area contributed by atoms with Crippen LogP contribution in [0.25, 0.3) is 0 Å². The number of aromatic carboxylic acids is 1. The summed E-state index contributed by atoms with van der Waals surface area (Å²) in [6.07, 6.45) is 0.215.